The van der Waals surface area contributed by atoms with Crippen LogP contribution >= 0.6 is 0 Å². The first-order valence-electron chi connectivity index (χ1n) is 11.7. The second-order valence-corrected chi connectivity index (χ2v) is 7.86. The van der Waals surface area contributed by atoms with Crippen LogP contribution in [0.2, 0.25) is 0 Å². The highest BCUT2D eigenvalue weighted by molar-refractivity contribution is 6.06. The van der Waals surface area contributed by atoms with E-state index >= 15 is 0 Å². The zero-order valence-electron chi connectivity index (χ0n) is 20.1. The average Bonchev–Trinajstić information content (AvgIpc) is 3.33. The highest BCUT2D eigenvalue weighted by atomic mass is 16.5. The number of anilines is 1. The fourth-order valence-corrected chi connectivity index (χ4v) is 4.23. The summed E-state index contributed by atoms with van der Waals surface area (Å²) in [5.41, 5.74) is 10.9. The monoisotopic (exact) mass is 468 g/mol. The van der Waals surface area contributed by atoms with Gasteiger partial charge in [-0.3, -0.25) is 4.79 Å². The van der Waals surface area contributed by atoms with Crippen LogP contribution in [0.5, 0.6) is 0 Å². The van der Waals surface area contributed by atoms with Gasteiger partial charge in [0.05, 0.1) is 17.7 Å². The minimum absolute atomic E-state index is 0.0437. The molecule has 7 nitrogen and oxygen atoms in total. The second kappa shape index (κ2) is 10.3. The second-order valence-electron chi connectivity index (χ2n) is 7.86. The smallest absolute Gasteiger partial charge is 0.338 e. The predicted octanol–water partition coefficient (Wildman–Crippen LogP) is 5.24. The molecule has 0 saturated heterocycles. The van der Waals surface area contributed by atoms with Gasteiger partial charge < -0.3 is 15.4 Å². The van der Waals surface area contributed by atoms with Crippen LogP contribution in [0.15, 0.2) is 66.7 Å². The van der Waals surface area contributed by atoms with Crippen LogP contribution in [-0.4, -0.2) is 33.4 Å². The topological polar surface area (TPSA) is 98.4 Å². The van der Waals surface area contributed by atoms with E-state index in [1.165, 1.54) is 0 Å². The molecule has 3 aromatic carbocycles. The zero-order chi connectivity index (χ0) is 24.9. The lowest BCUT2D eigenvalue weighted by atomic mass is 9.97. The molecule has 4 aromatic rings. The lowest BCUT2D eigenvalue weighted by molar-refractivity contribution is 0.0527. The molecular formula is C28H28N4O3. The van der Waals surface area contributed by atoms with Crippen LogP contribution in [0, 0.1) is 0 Å². The molecule has 0 bridgehead atoms. The van der Waals surface area contributed by atoms with Gasteiger partial charge in [0, 0.05) is 18.5 Å². The van der Waals surface area contributed by atoms with Crippen molar-refractivity contribution in [2.75, 3.05) is 12.3 Å². The summed E-state index contributed by atoms with van der Waals surface area (Å²) in [6.07, 6.45) is 0. The Bertz CT molecular complexity index is 1380. The third-order valence-electron chi connectivity index (χ3n) is 5.78. The van der Waals surface area contributed by atoms with E-state index in [-0.39, 0.29) is 24.2 Å². The van der Waals surface area contributed by atoms with Crippen LogP contribution < -0.4 is 5.73 Å². The predicted molar refractivity (Wildman–Crippen MR) is 137 cm³/mol. The SMILES string of the molecule is CC.CCOC(=O)c1ccccc1-c1ccc2nc(N)nc(C(=O)N3Cc4ccccc4C3)c2c1. The molecule has 1 aliphatic heterocycles. The van der Waals surface area contributed by atoms with E-state index in [0.29, 0.717) is 35.1 Å². The van der Waals surface area contributed by atoms with Crippen molar-refractivity contribution in [3.05, 3.63) is 89.1 Å². The normalized spacial score (nSPS) is 12.0. The highest BCUT2D eigenvalue weighted by Gasteiger charge is 2.27. The summed E-state index contributed by atoms with van der Waals surface area (Å²) in [6, 6.07) is 20.7. The molecule has 178 valence electrons. The summed E-state index contributed by atoms with van der Waals surface area (Å²) in [6.45, 7) is 7.10. The summed E-state index contributed by atoms with van der Waals surface area (Å²) in [7, 11) is 0. The van der Waals surface area contributed by atoms with E-state index in [2.05, 4.69) is 9.97 Å². The molecule has 0 aliphatic carbocycles. The van der Waals surface area contributed by atoms with Gasteiger partial charge in [-0.25, -0.2) is 14.8 Å². The molecule has 0 fully saturated rings. The molecule has 0 unspecified atom stereocenters. The number of nitrogens with two attached hydrogens (primary N) is 1. The average molecular weight is 469 g/mol. The maximum absolute atomic E-state index is 13.5. The first kappa shape index (κ1) is 23.9. The number of carbonyl (C=O) groups excluding carboxylic acids is 2. The Morgan fingerprint density at radius 3 is 2.29 bits per heavy atom. The van der Waals surface area contributed by atoms with E-state index in [9.17, 15) is 9.59 Å². The van der Waals surface area contributed by atoms with Gasteiger partial charge in [-0.2, -0.15) is 0 Å². The van der Waals surface area contributed by atoms with E-state index < -0.39 is 5.97 Å². The summed E-state index contributed by atoms with van der Waals surface area (Å²) in [4.78, 5) is 36.4. The van der Waals surface area contributed by atoms with Gasteiger partial charge in [0.1, 0.15) is 5.69 Å². The molecule has 2 heterocycles. The fraction of sp³-hybridized carbons (Fsp3) is 0.214. The number of amides is 1. The van der Waals surface area contributed by atoms with E-state index in [1.807, 2.05) is 62.4 Å². The quantitative estimate of drug-likeness (QED) is 0.412. The minimum Gasteiger partial charge on any atom is -0.462 e. The standard InChI is InChI=1S/C26H22N4O3.C2H6/c1-2-33-25(32)20-10-6-5-9-19(20)16-11-12-22-21(13-16)23(29-26(27)28-22)24(31)30-14-17-7-3-4-8-18(17)15-30;1-2/h3-13H,2,14-15H2,1H3,(H2,27,28,29);1-2H3. The molecule has 2 N–H and O–H groups in total. The fourth-order valence-electron chi connectivity index (χ4n) is 4.23. The summed E-state index contributed by atoms with van der Waals surface area (Å²) < 4.78 is 5.21. The maximum atomic E-state index is 13.5. The molecule has 0 saturated carbocycles. The third-order valence-corrected chi connectivity index (χ3v) is 5.78. The Morgan fingerprint density at radius 2 is 1.60 bits per heavy atom. The van der Waals surface area contributed by atoms with Crippen LogP contribution in [-0.2, 0) is 17.8 Å². The van der Waals surface area contributed by atoms with Crippen LogP contribution in [0.25, 0.3) is 22.0 Å². The molecule has 1 aliphatic rings. The van der Waals surface area contributed by atoms with Gasteiger partial charge in [0.25, 0.3) is 5.91 Å². The van der Waals surface area contributed by atoms with Crippen molar-refractivity contribution in [2.45, 2.75) is 33.9 Å². The number of benzene rings is 3. The van der Waals surface area contributed by atoms with Gasteiger partial charge in [-0.15, -0.1) is 0 Å². The van der Waals surface area contributed by atoms with Crippen molar-refractivity contribution in [1.82, 2.24) is 14.9 Å². The lowest BCUT2D eigenvalue weighted by Crippen LogP contribution is -2.27. The number of carbonyl (C=O) groups is 2. The Labute approximate surface area is 204 Å². The van der Waals surface area contributed by atoms with Gasteiger partial charge in [0.15, 0.2) is 0 Å². The third kappa shape index (κ3) is 4.71. The Hall–Kier alpha value is -4.26. The minimum atomic E-state index is -0.395. The van der Waals surface area contributed by atoms with Crippen molar-refractivity contribution >= 4 is 28.7 Å². The molecule has 0 atom stereocenters. The number of nitrogens with zero attached hydrogens (tertiary/aromatic N) is 3. The number of ether oxygens (including phenoxy) is 1. The van der Waals surface area contributed by atoms with Crippen molar-refractivity contribution in [3.8, 4) is 11.1 Å². The van der Waals surface area contributed by atoms with Gasteiger partial charge in [0.2, 0.25) is 5.95 Å². The Morgan fingerprint density at radius 1 is 0.943 bits per heavy atom. The molecule has 1 aromatic heterocycles. The van der Waals surface area contributed by atoms with Crippen molar-refractivity contribution in [2.24, 2.45) is 0 Å². The van der Waals surface area contributed by atoms with Crippen LogP contribution in [0.3, 0.4) is 0 Å². The zero-order valence-corrected chi connectivity index (χ0v) is 20.1. The maximum Gasteiger partial charge on any atom is 0.338 e. The van der Waals surface area contributed by atoms with E-state index in [1.54, 1.807) is 30.0 Å². The number of hydrogen-bond acceptors (Lipinski definition) is 6. The van der Waals surface area contributed by atoms with Crippen LogP contribution in [0.4, 0.5) is 5.95 Å². The number of esters is 1. The van der Waals surface area contributed by atoms with Crippen molar-refractivity contribution < 1.29 is 14.3 Å². The van der Waals surface area contributed by atoms with E-state index in [4.69, 9.17) is 10.5 Å². The van der Waals surface area contributed by atoms with Crippen LogP contribution in [0.1, 0.15) is 52.7 Å². The largest absolute Gasteiger partial charge is 0.462 e. The van der Waals surface area contributed by atoms with Gasteiger partial charge in [-0.05, 0) is 47.4 Å². The number of fused-ring (bicyclic) bond motifs is 2. The Balaban J connectivity index is 0.00000141. The molecule has 0 spiro atoms. The first-order chi connectivity index (χ1) is 17.0. The first-order valence-corrected chi connectivity index (χ1v) is 11.7. The molecule has 0 radical (unpaired) electrons. The molecule has 1 amide bonds. The lowest BCUT2D eigenvalue weighted by Gasteiger charge is -2.17. The summed E-state index contributed by atoms with van der Waals surface area (Å²) in [5, 5.41) is 0.585. The number of nitrogen functional groups attached to an aromatic ring is 1. The van der Waals surface area contributed by atoms with Crippen molar-refractivity contribution in [3.63, 3.8) is 0 Å². The number of aromatic nitrogens is 2. The summed E-state index contributed by atoms with van der Waals surface area (Å²) >= 11 is 0. The van der Waals surface area contributed by atoms with Crippen molar-refractivity contribution in [1.29, 1.82) is 0 Å². The highest BCUT2D eigenvalue weighted by Crippen LogP contribution is 2.30. The summed E-state index contributed by atoms with van der Waals surface area (Å²) in [5.74, 6) is -0.559. The van der Waals surface area contributed by atoms with Gasteiger partial charge >= 0.3 is 5.97 Å². The van der Waals surface area contributed by atoms with Gasteiger partial charge in [-0.1, -0.05) is 62.4 Å². The van der Waals surface area contributed by atoms with E-state index in [0.717, 1.165) is 16.7 Å². The number of hydrogen-bond donors (Lipinski definition) is 1. The number of rotatable bonds is 4. The molecule has 7 heteroatoms. The Kier molecular flexibility index (Phi) is 7.06. The molecular weight excluding hydrogens is 440 g/mol. The molecule has 5 rings (SSSR count). The molecule has 35 heavy (non-hydrogen) atoms.